The summed E-state index contributed by atoms with van der Waals surface area (Å²) in [5.74, 6) is 0. The molecule has 7 N–H and O–H groups in total. The molecule has 0 heterocycles. The first-order valence-corrected chi connectivity index (χ1v) is 4.44. The van der Waals surface area contributed by atoms with Crippen molar-refractivity contribution in [3.05, 3.63) is 0 Å². The second kappa shape index (κ2) is 10.9. The minimum absolute atomic E-state index is 0.0869. The molecule has 3 atom stereocenters. The highest BCUT2D eigenvalue weighted by atomic mass is 16.4. The molecule has 0 spiro atoms. The van der Waals surface area contributed by atoms with E-state index in [-0.39, 0.29) is 19.5 Å². The summed E-state index contributed by atoms with van der Waals surface area (Å²) in [4.78, 5) is 9.76. The number of hydrogen-bond donors (Lipinski definition) is 7. The highest BCUT2D eigenvalue weighted by Gasteiger charge is 2.22. The first-order valence-electron chi connectivity index (χ1n) is 4.44. The monoisotopic (exact) mass is 242 g/mol. The van der Waals surface area contributed by atoms with Crippen LogP contribution < -0.4 is 0 Å². The Morgan fingerprint density at radius 3 is 1.50 bits per heavy atom. The number of hydrogen-bond acceptors (Lipinski definition) is 8. The summed E-state index contributed by atoms with van der Waals surface area (Å²) in [5, 5.41) is 58.1. The minimum atomic E-state index is -1.64. The maximum atomic E-state index is 9.76. The fourth-order valence-corrected chi connectivity index (χ4v) is 0.474. The van der Waals surface area contributed by atoms with Crippen LogP contribution in [-0.2, 0) is 4.79 Å². The van der Waals surface area contributed by atoms with Gasteiger partial charge in [-0.1, -0.05) is 0 Å². The van der Waals surface area contributed by atoms with Crippen molar-refractivity contribution in [3.63, 3.8) is 0 Å². The van der Waals surface area contributed by atoms with Crippen molar-refractivity contribution < 1.29 is 40.5 Å². The lowest BCUT2D eigenvalue weighted by atomic mass is 10.1. The SMILES string of the molecule is O=C[C@@H](O)[C@H](O)[C@H](O)CO.OCC(O)CO. The zero-order valence-corrected chi connectivity index (χ0v) is 8.55. The van der Waals surface area contributed by atoms with Gasteiger partial charge in [0.05, 0.1) is 19.8 Å². The molecule has 0 bridgehead atoms. The zero-order chi connectivity index (χ0) is 13.1. The van der Waals surface area contributed by atoms with Crippen LogP contribution in [0.25, 0.3) is 0 Å². The molecular formula is C8H18O8. The summed E-state index contributed by atoms with van der Waals surface area (Å²) in [6.07, 6.45) is -5.58. The van der Waals surface area contributed by atoms with Gasteiger partial charge in [0.1, 0.15) is 24.4 Å². The predicted octanol–water partition coefficient (Wildman–Crippen LogP) is -4.41. The van der Waals surface area contributed by atoms with Crippen LogP contribution in [0, 0.1) is 0 Å². The predicted molar refractivity (Wildman–Crippen MR) is 51.3 cm³/mol. The largest absolute Gasteiger partial charge is 0.394 e. The van der Waals surface area contributed by atoms with E-state index >= 15 is 0 Å². The number of carbonyl (C=O) groups is 1. The van der Waals surface area contributed by atoms with Crippen molar-refractivity contribution >= 4 is 6.29 Å². The highest BCUT2D eigenvalue weighted by molar-refractivity contribution is 5.56. The third kappa shape index (κ3) is 8.68. The second-order valence-electron chi connectivity index (χ2n) is 2.89. The molecule has 0 aliphatic heterocycles. The van der Waals surface area contributed by atoms with Crippen molar-refractivity contribution in [2.24, 2.45) is 0 Å². The molecule has 0 aliphatic carbocycles. The topological polar surface area (TPSA) is 159 Å². The van der Waals surface area contributed by atoms with Gasteiger partial charge in [0.25, 0.3) is 0 Å². The molecule has 16 heavy (non-hydrogen) atoms. The Morgan fingerprint density at radius 2 is 1.31 bits per heavy atom. The van der Waals surface area contributed by atoms with Crippen molar-refractivity contribution in [3.8, 4) is 0 Å². The average molecular weight is 242 g/mol. The van der Waals surface area contributed by atoms with Crippen LogP contribution in [-0.4, -0.2) is 86.3 Å². The summed E-state index contributed by atoms with van der Waals surface area (Å²) in [6.45, 7) is -1.42. The molecule has 0 aliphatic rings. The lowest BCUT2D eigenvalue weighted by molar-refractivity contribution is -0.127. The highest BCUT2D eigenvalue weighted by Crippen LogP contribution is 1.96. The molecule has 8 heteroatoms. The zero-order valence-electron chi connectivity index (χ0n) is 8.55. The van der Waals surface area contributed by atoms with E-state index in [9.17, 15) is 4.79 Å². The van der Waals surface area contributed by atoms with E-state index in [1.54, 1.807) is 0 Å². The number of aliphatic hydroxyl groups excluding tert-OH is 7. The van der Waals surface area contributed by atoms with Gasteiger partial charge in [-0.15, -0.1) is 0 Å². The Kier molecular flexibility index (Phi) is 12.1. The van der Waals surface area contributed by atoms with Gasteiger partial charge in [0.2, 0.25) is 0 Å². The maximum Gasteiger partial charge on any atom is 0.151 e. The summed E-state index contributed by atoms with van der Waals surface area (Å²) >= 11 is 0. The van der Waals surface area contributed by atoms with Crippen LogP contribution >= 0.6 is 0 Å². The van der Waals surface area contributed by atoms with Crippen LogP contribution in [0.15, 0.2) is 0 Å². The van der Waals surface area contributed by atoms with E-state index in [4.69, 9.17) is 35.7 Å². The van der Waals surface area contributed by atoms with Gasteiger partial charge in [0.15, 0.2) is 6.29 Å². The Morgan fingerprint density at radius 1 is 0.875 bits per heavy atom. The molecule has 0 fully saturated rings. The smallest absolute Gasteiger partial charge is 0.151 e. The summed E-state index contributed by atoms with van der Waals surface area (Å²) in [6, 6.07) is 0. The van der Waals surface area contributed by atoms with Crippen LogP contribution in [0.2, 0.25) is 0 Å². The quantitative estimate of drug-likeness (QED) is 0.230. The molecule has 98 valence electrons. The number of aldehydes is 1. The van der Waals surface area contributed by atoms with Crippen molar-refractivity contribution in [1.29, 1.82) is 0 Å². The lowest BCUT2D eigenvalue weighted by Gasteiger charge is -2.16. The third-order valence-electron chi connectivity index (χ3n) is 1.49. The van der Waals surface area contributed by atoms with E-state index in [0.717, 1.165) is 0 Å². The molecule has 0 aromatic carbocycles. The van der Waals surface area contributed by atoms with Gasteiger partial charge < -0.3 is 40.5 Å². The van der Waals surface area contributed by atoms with Gasteiger partial charge in [-0.3, -0.25) is 0 Å². The standard InChI is InChI=1S/C5H10O5.C3H8O3/c6-1-3(8)5(10)4(9)2-7;4-1-3(6)2-5/h1,3-5,7-10H,2H2;3-6H,1-2H2/t3-,4-,5+;/m1./s1. The third-order valence-corrected chi connectivity index (χ3v) is 1.49. The molecule has 0 aromatic heterocycles. The molecular weight excluding hydrogens is 224 g/mol. The van der Waals surface area contributed by atoms with E-state index in [2.05, 4.69) is 0 Å². The minimum Gasteiger partial charge on any atom is -0.394 e. The van der Waals surface area contributed by atoms with E-state index in [1.807, 2.05) is 0 Å². The van der Waals surface area contributed by atoms with Gasteiger partial charge in [0, 0.05) is 0 Å². The second-order valence-corrected chi connectivity index (χ2v) is 2.89. The van der Waals surface area contributed by atoms with Crippen molar-refractivity contribution in [2.45, 2.75) is 24.4 Å². The fourth-order valence-electron chi connectivity index (χ4n) is 0.474. The van der Waals surface area contributed by atoms with Gasteiger partial charge >= 0.3 is 0 Å². The number of aliphatic hydroxyl groups is 7. The van der Waals surface area contributed by atoms with E-state index < -0.39 is 31.0 Å². The number of rotatable bonds is 6. The molecule has 0 rings (SSSR count). The molecule has 0 unspecified atom stereocenters. The normalized spacial score (nSPS) is 16.0. The van der Waals surface area contributed by atoms with Crippen LogP contribution in [0.5, 0.6) is 0 Å². The molecule has 0 saturated carbocycles. The van der Waals surface area contributed by atoms with E-state index in [1.165, 1.54) is 0 Å². The lowest BCUT2D eigenvalue weighted by Crippen LogP contribution is -2.40. The van der Waals surface area contributed by atoms with Crippen LogP contribution in [0.3, 0.4) is 0 Å². The molecule has 0 saturated heterocycles. The maximum absolute atomic E-state index is 9.76. The molecule has 0 aromatic rings. The van der Waals surface area contributed by atoms with Crippen molar-refractivity contribution in [2.75, 3.05) is 19.8 Å². The summed E-state index contributed by atoms with van der Waals surface area (Å²) < 4.78 is 0. The Labute approximate surface area is 92.0 Å². The van der Waals surface area contributed by atoms with E-state index in [0.29, 0.717) is 0 Å². The van der Waals surface area contributed by atoms with Gasteiger partial charge in [-0.05, 0) is 0 Å². The average Bonchev–Trinajstić information content (AvgIpc) is 2.35. The summed E-state index contributed by atoms with van der Waals surface area (Å²) in [5.41, 5.74) is 0. The molecule has 8 nitrogen and oxygen atoms in total. The Balaban J connectivity index is 0. The first kappa shape index (κ1) is 17.8. The fraction of sp³-hybridized carbons (Fsp3) is 0.875. The number of carbonyl (C=O) groups excluding carboxylic acids is 1. The first-order chi connectivity index (χ1) is 7.44. The Bertz CT molecular complexity index is 160. The van der Waals surface area contributed by atoms with Crippen LogP contribution in [0.1, 0.15) is 0 Å². The van der Waals surface area contributed by atoms with Gasteiger partial charge in [-0.2, -0.15) is 0 Å². The van der Waals surface area contributed by atoms with Gasteiger partial charge in [-0.25, -0.2) is 0 Å². The summed E-state index contributed by atoms with van der Waals surface area (Å²) in [7, 11) is 0. The molecule has 0 radical (unpaired) electrons. The van der Waals surface area contributed by atoms with Crippen LogP contribution in [0.4, 0.5) is 0 Å². The Hall–Kier alpha value is -0.610. The van der Waals surface area contributed by atoms with Crippen molar-refractivity contribution in [1.82, 2.24) is 0 Å². The molecule has 0 amide bonds.